The second kappa shape index (κ2) is 12.9. The van der Waals surface area contributed by atoms with Gasteiger partial charge in [-0.3, -0.25) is 13.9 Å². The summed E-state index contributed by atoms with van der Waals surface area (Å²) in [6.45, 7) is 1.74. The van der Waals surface area contributed by atoms with Gasteiger partial charge in [0.05, 0.1) is 11.9 Å². The Morgan fingerprint density at radius 2 is 1.54 bits per heavy atom. The van der Waals surface area contributed by atoms with Crippen molar-refractivity contribution in [1.29, 1.82) is 0 Å². The molecule has 3 aromatic rings. The molecule has 10 heteroatoms. The number of sulfonamides is 1. The third-order valence-electron chi connectivity index (χ3n) is 5.66. The number of nitrogens with zero attached hydrogens (tertiary/aromatic N) is 2. The molecule has 0 fully saturated rings. The van der Waals surface area contributed by atoms with E-state index in [1.165, 1.54) is 17.0 Å². The maximum atomic E-state index is 13.9. The van der Waals surface area contributed by atoms with Crippen LogP contribution in [0, 0.1) is 0 Å². The van der Waals surface area contributed by atoms with Crippen molar-refractivity contribution in [3.63, 3.8) is 0 Å². The number of rotatable bonds is 11. The number of anilines is 1. The molecule has 0 heterocycles. The van der Waals surface area contributed by atoms with Crippen molar-refractivity contribution < 1.29 is 18.0 Å². The average Bonchev–Trinajstić information content (AvgIpc) is 2.85. The summed E-state index contributed by atoms with van der Waals surface area (Å²) in [5, 5.41) is 3.74. The van der Waals surface area contributed by atoms with Crippen LogP contribution in [0.25, 0.3) is 0 Å². The van der Waals surface area contributed by atoms with Crippen LogP contribution < -0.4 is 9.62 Å². The highest BCUT2D eigenvalue weighted by Gasteiger charge is 2.32. The first-order chi connectivity index (χ1) is 17.6. The third-order valence-corrected chi connectivity index (χ3v) is 7.29. The molecule has 3 rings (SSSR count). The molecular weight excluding hydrogens is 533 g/mol. The first kappa shape index (κ1) is 28.5. The molecule has 0 unspecified atom stereocenters. The Morgan fingerprint density at radius 3 is 2.14 bits per heavy atom. The summed E-state index contributed by atoms with van der Waals surface area (Å²) in [5.41, 5.74) is 1.86. The SMILES string of the molecule is CCNC(=O)[C@H](Cc1ccccc1)N(Cc1cccc(Cl)c1)C(=O)CN(c1ccc(Cl)cc1)S(C)(=O)=O. The molecule has 0 aliphatic carbocycles. The van der Waals surface area contributed by atoms with Crippen LogP contribution in [0.4, 0.5) is 5.69 Å². The first-order valence-corrected chi connectivity index (χ1v) is 14.3. The summed E-state index contributed by atoms with van der Waals surface area (Å²) < 4.78 is 26.4. The van der Waals surface area contributed by atoms with E-state index in [0.717, 1.165) is 16.1 Å². The van der Waals surface area contributed by atoms with Gasteiger partial charge in [0.2, 0.25) is 21.8 Å². The summed E-state index contributed by atoms with van der Waals surface area (Å²) in [7, 11) is -3.83. The molecule has 0 aliphatic heterocycles. The Bertz CT molecular complexity index is 1320. The zero-order valence-corrected chi connectivity index (χ0v) is 22.9. The van der Waals surface area contributed by atoms with Crippen LogP contribution >= 0.6 is 23.2 Å². The highest BCUT2D eigenvalue weighted by molar-refractivity contribution is 7.92. The molecule has 1 atom stereocenters. The lowest BCUT2D eigenvalue weighted by Gasteiger charge is -2.33. The van der Waals surface area contributed by atoms with Gasteiger partial charge < -0.3 is 10.2 Å². The van der Waals surface area contributed by atoms with Gasteiger partial charge in [-0.1, -0.05) is 65.7 Å². The number of likely N-dealkylation sites (N-methyl/N-ethyl adjacent to an activating group) is 1. The summed E-state index contributed by atoms with van der Waals surface area (Å²) in [6.07, 6.45) is 1.28. The molecule has 3 aromatic carbocycles. The molecule has 196 valence electrons. The highest BCUT2D eigenvalue weighted by Crippen LogP contribution is 2.22. The molecule has 2 amide bonds. The van der Waals surface area contributed by atoms with Crippen molar-refractivity contribution >= 4 is 50.7 Å². The van der Waals surface area contributed by atoms with Crippen molar-refractivity contribution in [2.45, 2.75) is 25.9 Å². The molecule has 37 heavy (non-hydrogen) atoms. The number of carbonyl (C=O) groups excluding carboxylic acids is 2. The Morgan fingerprint density at radius 1 is 0.892 bits per heavy atom. The first-order valence-electron chi connectivity index (χ1n) is 11.7. The topological polar surface area (TPSA) is 86.8 Å². The number of hydrogen-bond acceptors (Lipinski definition) is 4. The number of carbonyl (C=O) groups is 2. The zero-order chi connectivity index (χ0) is 27.0. The molecule has 0 saturated carbocycles. The maximum Gasteiger partial charge on any atom is 0.244 e. The number of nitrogens with one attached hydrogen (secondary N) is 1. The summed E-state index contributed by atoms with van der Waals surface area (Å²) >= 11 is 12.2. The summed E-state index contributed by atoms with van der Waals surface area (Å²) in [4.78, 5) is 28.5. The van der Waals surface area contributed by atoms with Crippen LogP contribution in [0.5, 0.6) is 0 Å². The van der Waals surface area contributed by atoms with Crippen LogP contribution in [0.2, 0.25) is 10.0 Å². The lowest BCUT2D eigenvalue weighted by Crippen LogP contribution is -2.53. The van der Waals surface area contributed by atoms with Crippen molar-refractivity contribution in [1.82, 2.24) is 10.2 Å². The lowest BCUT2D eigenvalue weighted by atomic mass is 10.0. The average molecular weight is 563 g/mol. The predicted molar refractivity (Wildman–Crippen MR) is 148 cm³/mol. The van der Waals surface area contributed by atoms with Crippen LogP contribution in [0.15, 0.2) is 78.9 Å². The predicted octanol–water partition coefficient (Wildman–Crippen LogP) is 4.54. The fourth-order valence-electron chi connectivity index (χ4n) is 3.90. The van der Waals surface area contributed by atoms with Crippen molar-refractivity contribution in [2.75, 3.05) is 23.7 Å². The largest absolute Gasteiger partial charge is 0.355 e. The molecule has 7 nitrogen and oxygen atoms in total. The van der Waals surface area contributed by atoms with Crippen molar-refractivity contribution in [3.8, 4) is 0 Å². The van der Waals surface area contributed by atoms with Gasteiger partial charge in [-0.15, -0.1) is 0 Å². The second-order valence-corrected chi connectivity index (χ2v) is 11.3. The van der Waals surface area contributed by atoms with Crippen molar-refractivity contribution in [2.24, 2.45) is 0 Å². The Balaban J connectivity index is 2.03. The fraction of sp³-hybridized carbons (Fsp3) is 0.259. The highest BCUT2D eigenvalue weighted by atomic mass is 35.5. The molecule has 1 N–H and O–H groups in total. The van der Waals surface area contributed by atoms with E-state index in [1.54, 1.807) is 43.3 Å². The Kier molecular flexibility index (Phi) is 9.97. The van der Waals surface area contributed by atoms with Gasteiger partial charge in [0.15, 0.2) is 0 Å². The van der Waals surface area contributed by atoms with Gasteiger partial charge in [0.1, 0.15) is 12.6 Å². The Hall–Kier alpha value is -3.07. The van der Waals surface area contributed by atoms with Gasteiger partial charge >= 0.3 is 0 Å². The van der Waals surface area contributed by atoms with Gasteiger partial charge in [-0.05, 0) is 54.4 Å². The molecule has 0 bridgehead atoms. The summed E-state index contributed by atoms with van der Waals surface area (Å²) in [5.74, 6) is -0.869. The van der Waals surface area contributed by atoms with Crippen LogP contribution in [0.3, 0.4) is 0 Å². The standard InChI is InChI=1S/C27H29Cl2N3O4S/c1-3-30-27(34)25(17-20-8-5-4-6-9-20)31(18-21-10-7-11-23(29)16-21)26(33)19-32(37(2,35)36)24-14-12-22(28)13-15-24/h4-16,25H,3,17-19H2,1-2H3,(H,30,34)/t25-/m0/s1. The molecule has 0 saturated heterocycles. The molecule has 0 aliphatic rings. The Labute approximate surface area is 228 Å². The number of benzene rings is 3. The molecule has 0 aromatic heterocycles. The number of halogens is 2. The van der Waals surface area contributed by atoms with Gasteiger partial charge in [0, 0.05) is 29.6 Å². The van der Waals surface area contributed by atoms with E-state index in [0.29, 0.717) is 27.8 Å². The number of amides is 2. The zero-order valence-electron chi connectivity index (χ0n) is 20.6. The van der Waals surface area contributed by atoms with E-state index in [2.05, 4.69) is 5.32 Å². The maximum absolute atomic E-state index is 13.9. The third kappa shape index (κ3) is 8.21. The monoisotopic (exact) mass is 561 g/mol. The molecule has 0 spiro atoms. The minimum atomic E-state index is -3.83. The van der Waals surface area contributed by atoms with Crippen LogP contribution in [0.1, 0.15) is 18.1 Å². The quantitative estimate of drug-likeness (QED) is 0.372. The van der Waals surface area contributed by atoms with E-state index in [1.807, 2.05) is 30.3 Å². The van der Waals surface area contributed by atoms with E-state index in [9.17, 15) is 18.0 Å². The smallest absolute Gasteiger partial charge is 0.244 e. The lowest BCUT2D eigenvalue weighted by molar-refractivity contribution is -0.140. The molecule has 0 radical (unpaired) electrons. The van der Waals surface area contributed by atoms with Gasteiger partial charge in [0.25, 0.3) is 0 Å². The van der Waals surface area contributed by atoms with Crippen LogP contribution in [-0.2, 0) is 32.6 Å². The van der Waals surface area contributed by atoms with E-state index in [-0.39, 0.29) is 18.9 Å². The summed E-state index contributed by atoms with van der Waals surface area (Å²) in [6, 6.07) is 21.6. The van der Waals surface area contributed by atoms with Crippen LogP contribution in [-0.4, -0.2) is 50.5 Å². The van der Waals surface area contributed by atoms with E-state index < -0.39 is 28.5 Å². The number of hydrogen-bond donors (Lipinski definition) is 1. The van der Waals surface area contributed by atoms with Gasteiger partial charge in [-0.2, -0.15) is 0 Å². The van der Waals surface area contributed by atoms with Crippen molar-refractivity contribution in [3.05, 3.63) is 100 Å². The normalized spacial score (nSPS) is 12.0. The van der Waals surface area contributed by atoms with Gasteiger partial charge in [-0.25, -0.2) is 8.42 Å². The van der Waals surface area contributed by atoms with E-state index >= 15 is 0 Å². The minimum absolute atomic E-state index is 0.0618. The fourth-order valence-corrected chi connectivity index (χ4v) is 5.09. The second-order valence-electron chi connectivity index (χ2n) is 8.50. The molecular formula is C27H29Cl2N3O4S. The minimum Gasteiger partial charge on any atom is -0.355 e. The van der Waals surface area contributed by atoms with E-state index in [4.69, 9.17) is 23.2 Å².